The SMILES string of the molecule is CC(Oc1ccc(C#N)cc1)C(=O)NC(c1ccccc1)c1nccn1C. The van der Waals surface area contributed by atoms with E-state index in [4.69, 9.17) is 10.00 Å². The number of amides is 1. The van der Waals surface area contributed by atoms with E-state index < -0.39 is 6.10 Å². The van der Waals surface area contributed by atoms with E-state index in [0.717, 1.165) is 11.4 Å². The van der Waals surface area contributed by atoms with Crippen LogP contribution in [0.5, 0.6) is 5.75 Å². The number of benzene rings is 2. The second-order valence-electron chi connectivity index (χ2n) is 6.14. The van der Waals surface area contributed by atoms with E-state index in [2.05, 4.69) is 16.4 Å². The maximum atomic E-state index is 12.7. The van der Waals surface area contributed by atoms with Gasteiger partial charge in [-0.25, -0.2) is 4.98 Å². The van der Waals surface area contributed by atoms with Crippen molar-refractivity contribution < 1.29 is 9.53 Å². The maximum absolute atomic E-state index is 12.7. The molecule has 1 aromatic heterocycles. The normalized spacial score (nSPS) is 12.6. The number of carbonyl (C=O) groups is 1. The van der Waals surface area contributed by atoms with Crippen molar-refractivity contribution in [1.29, 1.82) is 5.26 Å². The minimum atomic E-state index is -0.704. The van der Waals surface area contributed by atoms with Crippen LogP contribution in [-0.2, 0) is 11.8 Å². The van der Waals surface area contributed by atoms with Gasteiger partial charge in [-0.3, -0.25) is 4.79 Å². The highest BCUT2D eigenvalue weighted by molar-refractivity contribution is 5.81. The molecule has 0 aliphatic rings. The number of nitrogens with one attached hydrogen (secondary N) is 1. The van der Waals surface area contributed by atoms with E-state index in [1.807, 2.05) is 48.1 Å². The molecule has 0 bridgehead atoms. The first kappa shape index (κ1) is 18.2. The molecule has 0 aliphatic heterocycles. The summed E-state index contributed by atoms with van der Waals surface area (Å²) in [6.45, 7) is 1.69. The molecule has 6 nitrogen and oxygen atoms in total. The Morgan fingerprint density at radius 3 is 2.48 bits per heavy atom. The fourth-order valence-electron chi connectivity index (χ4n) is 2.72. The van der Waals surface area contributed by atoms with Crippen molar-refractivity contribution in [2.45, 2.75) is 19.1 Å². The maximum Gasteiger partial charge on any atom is 0.261 e. The lowest BCUT2D eigenvalue weighted by Gasteiger charge is -2.22. The number of imidazole rings is 1. The second-order valence-corrected chi connectivity index (χ2v) is 6.14. The van der Waals surface area contributed by atoms with E-state index >= 15 is 0 Å². The molecule has 0 saturated heterocycles. The lowest BCUT2D eigenvalue weighted by Crippen LogP contribution is -2.39. The summed E-state index contributed by atoms with van der Waals surface area (Å²) in [5, 5.41) is 11.9. The van der Waals surface area contributed by atoms with E-state index in [0.29, 0.717) is 11.3 Å². The minimum absolute atomic E-state index is 0.254. The Labute approximate surface area is 158 Å². The standard InChI is InChI=1S/C21H20N4O2/c1-15(27-18-10-8-16(14-22)9-11-18)21(26)24-19(17-6-4-3-5-7-17)20-23-12-13-25(20)2/h3-13,15,19H,1-2H3,(H,24,26). The van der Waals surface area contributed by atoms with Crippen molar-refractivity contribution in [2.24, 2.45) is 7.05 Å². The van der Waals surface area contributed by atoms with Crippen LogP contribution < -0.4 is 10.1 Å². The highest BCUT2D eigenvalue weighted by Gasteiger charge is 2.24. The molecule has 2 aromatic carbocycles. The molecule has 6 heteroatoms. The molecule has 0 saturated carbocycles. The third-order valence-corrected chi connectivity index (χ3v) is 4.20. The van der Waals surface area contributed by atoms with Crippen LogP contribution in [0.15, 0.2) is 67.0 Å². The largest absolute Gasteiger partial charge is 0.481 e. The van der Waals surface area contributed by atoms with Crippen LogP contribution in [0, 0.1) is 11.3 Å². The van der Waals surface area contributed by atoms with Gasteiger partial charge in [-0.05, 0) is 36.8 Å². The van der Waals surface area contributed by atoms with Crippen molar-refractivity contribution in [3.63, 3.8) is 0 Å². The van der Waals surface area contributed by atoms with Gasteiger partial charge in [-0.1, -0.05) is 30.3 Å². The quantitative estimate of drug-likeness (QED) is 0.733. The molecule has 3 aromatic rings. The Morgan fingerprint density at radius 2 is 1.89 bits per heavy atom. The molecule has 0 aliphatic carbocycles. The lowest BCUT2D eigenvalue weighted by molar-refractivity contribution is -0.127. The van der Waals surface area contributed by atoms with Gasteiger partial charge in [-0.2, -0.15) is 5.26 Å². The highest BCUT2D eigenvalue weighted by Crippen LogP contribution is 2.21. The average Bonchev–Trinajstić information content (AvgIpc) is 3.12. The number of aryl methyl sites for hydroxylation is 1. The zero-order valence-electron chi connectivity index (χ0n) is 15.2. The third kappa shape index (κ3) is 4.33. The van der Waals surface area contributed by atoms with Crippen molar-refractivity contribution >= 4 is 5.91 Å². The second kappa shape index (κ2) is 8.19. The fraction of sp³-hybridized carbons (Fsp3) is 0.190. The van der Waals surface area contributed by atoms with E-state index in [-0.39, 0.29) is 11.9 Å². The van der Waals surface area contributed by atoms with Gasteiger partial charge in [0.25, 0.3) is 5.91 Å². The molecule has 1 heterocycles. The monoisotopic (exact) mass is 360 g/mol. The van der Waals surface area contributed by atoms with Gasteiger partial charge >= 0.3 is 0 Å². The summed E-state index contributed by atoms with van der Waals surface area (Å²) in [6.07, 6.45) is 2.84. The molecule has 2 unspecified atom stereocenters. The van der Waals surface area contributed by atoms with Crippen LogP contribution >= 0.6 is 0 Å². The Balaban J connectivity index is 1.76. The molecular weight excluding hydrogens is 340 g/mol. The van der Waals surface area contributed by atoms with Crippen molar-refractivity contribution in [3.8, 4) is 11.8 Å². The van der Waals surface area contributed by atoms with Gasteiger partial charge in [0, 0.05) is 19.4 Å². The topological polar surface area (TPSA) is 79.9 Å². The predicted octanol–water partition coefficient (Wildman–Crippen LogP) is 2.96. The summed E-state index contributed by atoms with van der Waals surface area (Å²) in [6, 6.07) is 18.0. The van der Waals surface area contributed by atoms with Crippen LogP contribution in [0.1, 0.15) is 29.9 Å². The van der Waals surface area contributed by atoms with Crippen molar-refractivity contribution in [2.75, 3.05) is 0 Å². The van der Waals surface area contributed by atoms with E-state index in [1.54, 1.807) is 37.4 Å². The molecule has 3 rings (SSSR count). The summed E-state index contributed by atoms with van der Waals surface area (Å²) in [5.41, 5.74) is 1.48. The first-order valence-electron chi connectivity index (χ1n) is 8.58. The Bertz CT molecular complexity index is 942. The third-order valence-electron chi connectivity index (χ3n) is 4.20. The zero-order valence-corrected chi connectivity index (χ0v) is 15.2. The smallest absolute Gasteiger partial charge is 0.261 e. The molecule has 0 spiro atoms. The minimum Gasteiger partial charge on any atom is -0.481 e. The fourth-order valence-corrected chi connectivity index (χ4v) is 2.72. The number of rotatable bonds is 6. The zero-order chi connectivity index (χ0) is 19.2. The van der Waals surface area contributed by atoms with Crippen LogP contribution in [0.3, 0.4) is 0 Å². The first-order chi connectivity index (χ1) is 13.1. The first-order valence-corrected chi connectivity index (χ1v) is 8.58. The number of carbonyl (C=O) groups excluding carboxylic acids is 1. The summed E-state index contributed by atoms with van der Waals surface area (Å²) in [4.78, 5) is 17.1. The Hall–Kier alpha value is -3.59. The van der Waals surface area contributed by atoms with Crippen LogP contribution in [0.4, 0.5) is 0 Å². The summed E-state index contributed by atoms with van der Waals surface area (Å²) >= 11 is 0. The summed E-state index contributed by atoms with van der Waals surface area (Å²) < 4.78 is 7.59. The van der Waals surface area contributed by atoms with E-state index in [9.17, 15) is 4.79 Å². The van der Waals surface area contributed by atoms with Gasteiger partial charge in [0.05, 0.1) is 11.6 Å². The molecule has 0 fully saturated rings. The van der Waals surface area contributed by atoms with Crippen LogP contribution in [0.25, 0.3) is 0 Å². The Morgan fingerprint density at radius 1 is 1.19 bits per heavy atom. The van der Waals surface area contributed by atoms with Gasteiger partial charge < -0.3 is 14.6 Å². The lowest BCUT2D eigenvalue weighted by atomic mass is 10.1. The molecule has 2 atom stereocenters. The number of ether oxygens (including phenoxy) is 1. The molecule has 136 valence electrons. The van der Waals surface area contributed by atoms with E-state index in [1.165, 1.54) is 0 Å². The van der Waals surface area contributed by atoms with Gasteiger partial charge in [0.1, 0.15) is 17.6 Å². The molecule has 27 heavy (non-hydrogen) atoms. The number of nitriles is 1. The number of hydrogen-bond donors (Lipinski definition) is 1. The molecule has 1 amide bonds. The van der Waals surface area contributed by atoms with Crippen molar-refractivity contribution in [3.05, 3.63) is 83.9 Å². The number of aromatic nitrogens is 2. The number of hydrogen-bond acceptors (Lipinski definition) is 4. The summed E-state index contributed by atoms with van der Waals surface area (Å²) in [7, 11) is 1.89. The van der Waals surface area contributed by atoms with Crippen LogP contribution in [0.2, 0.25) is 0 Å². The van der Waals surface area contributed by atoms with Gasteiger partial charge in [0.2, 0.25) is 0 Å². The molecule has 1 N–H and O–H groups in total. The number of nitrogens with zero attached hydrogens (tertiary/aromatic N) is 3. The predicted molar refractivity (Wildman–Crippen MR) is 101 cm³/mol. The Kier molecular flexibility index (Phi) is 5.53. The van der Waals surface area contributed by atoms with Crippen molar-refractivity contribution in [1.82, 2.24) is 14.9 Å². The molecular formula is C21H20N4O2. The highest BCUT2D eigenvalue weighted by atomic mass is 16.5. The van der Waals surface area contributed by atoms with Gasteiger partial charge in [0.15, 0.2) is 6.10 Å². The average molecular weight is 360 g/mol. The van der Waals surface area contributed by atoms with Crippen LogP contribution in [-0.4, -0.2) is 21.6 Å². The van der Waals surface area contributed by atoms with Gasteiger partial charge in [-0.15, -0.1) is 0 Å². The summed E-state index contributed by atoms with van der Waals surface area (Å²) in [5.74, 6) is 1.02. The molecule has 0 radical (unpaired) electrons.